The molecule has 3 aromatic rings. The summed E-state index contributed by atoms with van der Waals surface area (Å²) in [5, 5.41) is 12.4. The molecule has 0 aliphatic carbocycles. The van der Waals surface area contributed by atoms with Crippen LogP contribution >= 0.6 is 11.6 Å². The Labute approximate surface area is 235 Å². The average Bonchev–Trinajstić information content (AvgIpc) is 3.36. The smallest absolute Gasteiger partial charge is 0.290 e. The summed E-state index contributed by atoms with van der Waals surface area (Å²) < 4.78 is 11.1. The highest BCUT2D eigenvalue weighted by Crippen LogP contribution is 2.32. The number of hydrogen-bond donors (Lipinski definition) is 4. The number of aromatic nitrogens is 1. The minimum atomic E-state index is -0.846. The van der Waals surface area contributed by atoms with Crippen LogP contribution in [0.25, 0.3) is 11.0 Å². The zero-order valence-electron chi connectivity index (χ0n) is 22.4. The molecule has 13 heteroatoms. The lowest BCUT2D eigenvalue weighted by molar-refractivity contribution is -0.124. The molecule has 0 spiro atoms. The molecule has 1 aromatic carbocycles. The summed E-state index contributed by atoms with van der Waals surface area (Å²) in [5.41, 5.74) is 1.12. The Kier molecular flexibility index (Phi) is 9.10. The van der Waals surface area contributed by atoms with E-state index in [1.165, 1.54) is 24.3 Å². The van der Waals surface area contributed by atoms with Gasteiger partial charge in [-0.15, -0.1) is 0 Å². The molecule has 1 aliphatic heterocycles. The number of amides is 4. The number of anilines is 1. The van der Waals surface area contributed by atoms with E-state index < -0.39 is 29.7 Å². The second-order valence-electron chi connectivity index (χ2n) is 9.56. The van der Waals surface area contributed by atoms with Crippen LogP contribution in [0.5, 0.6) is 5.75 Å². The van der Waals surface area contributed by atoms with Crippen molar-refractivity contribution in [3.63, 3.8) is 0 Å². The molecular formula is C27H31ClN6O6. The number of halogens is 1. The summed E-state index contributed by atoms with van der Waals surface area (Å²) >= 11 is 6.15. The van der Waals surface area contributed by atoms with Crippen molar-refractivity contribution in [2.24, 2.45) is 5.92 Å². The Bertz CT molecular complexity index is 1420. The van der Waals surface area contributed by atoms with E-state index in [9.17, 15) is 19.2 Å². The topological polar surface area (TPSA) is 155 Å². The number of nitrogens with zero attached hydrogens (tertiary/aromatic N) is 2. The maximum Gasteiger partial charge on any atom is 0.290 e. The van der Waals surface area contributed by atoms with E-state index in [2.05, 4.69) is 26.3 Å². The van der Waals surface area contributed by atoms with Crippen LogP contribution in [0.2, 0.25) is 5.02 Å². The monoisotopic (exact) mass is 570 g/mol. The van der Waals surface area contributed by atoms with Crippen LogP contribution in [-0.4, -0.2) is 79.4 Å². The number of rotatable bonds is 3. The van der Waals surface area contributed by atoms with E-state index in [4.69, 9.17) is 20.8 Å². The minimum Gasteiger partial charge on any atom is -0.493 e. The summed E-state index contributed by atoms with van der Waals surface area (Å²) in [6.45, 7) is 4.00. The van der Waals surface area contributed by atoms with Crippen molar-refractivity contribution in [1.82, 2.24) is 25.8 Å². The van der Waals surface area contributed by atoms with Gasteiger partial charge in [-0.2, -0.15) is 0 Å². The minimum absolute atomic E-state index is 0.00622. The standard InChI is InChI=1S/C27H31ClN6O6/c1-15(2)23-26(37)32-8-9-34(27(38)21-11-16-10-17(28)12-20(39-3)24(16)40-21)14-22(35)31-7-6-29-18-4-5-30-19(13-18)25(36)33-23/h4-5,10-13,15,23,29H,6-9,14H2,1-3H3,(H,31,35)(H,32,37)(H,33,36)/t23-/m0/s1. The van der Waals surface area contributed by atoms with Crippen LogP contribution in [-0.2, 0) is 9.59 Å². The van der Waals surface area contributed by atoms with Gasteiger partial charge in [0.1, 0.15) is 18.3 Å². The zero-order valence-corrected chi connectivity index (χ0v) is 23.1. The van der Waals surface area contributed by atoms with E-state index in [0.29, 0.717) is 34.0 Å². The molecule has 2 bridgehead atoms. The number of pyridine rings is 1. The molecule has 0 saturated heterocycles. The fraction of sp³-hybridized carbons (Fsp3) is 0.370. The van der Waals surface area contributed by atoms with Gasteiger partial charge in [0.25, 0.3) is 11.8 Å². The van der Waals surface area contributed by atoms with Gasteiger partial charge in [-0.3, -0.25) is 24.2 Å². The third-order valence-corrected chi connectivity index (χ3v) is 6.50. The highest BCUT2D eigenvalue weighted by atomic mass is 35.5. The fourth-order valence-electron chi connectivity index (χ4n) is 4.23. The van der Waals surface area contributed by atoms with Gasteiger partial charge in [0, 0.05) is 54.5 Å². The van der Waals surface area contributed by atoms with Crippen LogP contribution < -0.4 is 26.0 Å². The molecule has 212 valence electrons. The van der Waals surface area contributed by atoms with Crippen LogP contribution in [0.15, 0.2) is 40.9 Å². The number of furan rings is 1. The Balaban J connectivity index is 1.57. The highest BCUT2D eigenvalue weighted by molar-refractivity contribution is 6.31. The van der Waals surface area contributed by atoms with Gasteiger partial charge in [0.15, 0.2) is 17.1 Å². The molecule has 40 heavy (non-hydrogen) atoms. The van der Waals surface area contributed by atoms with Gasteiger partial charge >= 0.3 is 0 Å². The van der Waals surface area contributed by atoms with Crippen molar-refractivity contribution in [2.75, 3.05) is 45.2 Å². The Morgan fingerprint density at radius 3 is 2.62 bits per heavy atom. The number of ether oxygens (including phenoxy) is 1. The molecule has 1 aliphatic rings. The Hall–Kier alpha value is -4.32. The Morgan fingerprint density at radius 1 is 1.10 bits per heavy atom. The first-order valence-electron chi connectivity index (χ1n) is 12.8. The van der Waals surface area contributed by atoms with Gasteiger partial charge < -0.3 is 35.3 Å². The number of benzene rings is 1. The maximum atomic E-state index is 13.5. The number of carbonyl (C=O) groups excluding carboxylic acids is 4. The predicted molar refractivity (Wildman–Crippen MR) is 149 cm³/mol. The lowest BCUT2D eigenvalue weighted by Crippen LogP contribution is -2.51. The van der Waals surface area contributed by atoms with Crippen molar-refractivity contribution >= 4 is 51.9 Å². The molecular weight excluding hydrogens is 540 g/mol. The molecule has 0 unspecified atom stereocenters. The van der Waals surface area contributed by atoms with Gasteiger partial charge in [0.05, 0.1) is 7.11 Å². The van der Waals surface area contributed by atoms with Crippen molar-refractivity contribution in [3.05, 3.63) is 53.0 Å². The second kappa shape index (κ2) is 12.7. The van der Waals surface area contributed by atoms with Crippen LogP contribution in [0.4, 0.5) is 5.69 Å². The molecule has 3 heterocycles. The fourth-order valence-corrected chi connectivity index (χ4v) is 4.44. The van der Waals surface area contributed by atoms with E-state index in [-0.39, 0.29) is 43.6 Å². The van der Waals surface area contributed by atoms with E-state index >= 15 is 0 Å². The summed E-state index contributed by atoms with van der Waals surface area (Å²) in [6.07, 6.45) is 1.49. The lowest BCUT2D eigenvalue weighted by Gasteiger charge is -2.24. The highest BCUT2D eigenvalue weighted by Gasteiger charge is 2.27. The number of carbonyl (C=O) groups is 4. The van der Waals surface area contributed by atoms with Crippen molar-refractivity contribution in [1.29, 1.82) is 0 Å². The number of methoxy groups -OCH3 is 1. The summed E-state index contributed by atoms with van der Waals surface area (Å²) in [7, 11) is 1.46. The molecule has 1 atom stereocenters. The van der Waals surface area contributed by atoms with Crippen molar-refractivity contribution in [3.8, 4) is 5.75 Å². The van der Waals surface area contributed by atoms with Crippen molar-refractivity contribution < 1.29 is 28.3 Å². The zero-order chi connectivity index (χ0) is 28.8. The molecule has 4 N–H and O–H groups in total. The summed E-state index contributed by atoms with van der Waals surface area (Å²) in [4.78, 5) is 57.5. The first-order valence-corrected chi connectivity index (χ1v) is 13.2. The molecule has 0 radical (unpaired) electrons. The molecule has 12 nitrogen and oxygen atoms in total. The van der Waals surface area contributed by atoms with Crippen LogP contribution in [0.3, 0.4) is 0 Å². The predicted octanol–water partition coefficient (Wildman–Crippen LogP) is 2.04. The quantitative estimate of drug-likeness (QED) is 0.373. The van der Waals surface area contributed by atoms with Gasteiger partial charge in [-0.1, -0.05) is 25.4 Å². The average molecular weight is 571 g/mol. The van der Waals surface area contributed by atoms with E-state index in [0.717, 1.165) is 0 Å². The molecule has 0 saturated carbocycles. The Morgan fingerprint density at radius 2 is 1.88 bits per heavy atom. The molecule has 4 rings (SSSR count). The summed E-state index contributed by atoms with van der Waals surface area (Å²) in [5.74, 6) is -1.74. The normalized spacial score (nSPS) is 17.5. The summed E-state index contributed by atoms with van der Waals surface area (Å²) in [6, 6.07) is 7.16. The van der Waals surface area contributed by atoms with Crippen molar-refractivity contribution in [2.45, 2.75) is 19.9 Å². The molecule has 4 amide bonds. The first-order chi connectivity index (χ1) is 19.2. The van der Waals surface area contributed by atoms with Gasteiger partial charge in [-0.25, -0.2) is 0 Å². The number of nitrogens with one attached hydrogen (secondary N) is 4. The SMILES string of the molecule is COc1cc(Cl)cc2cc(C(=O)N3CCNC(=O)[C@H](C(C)C)NC(=O)c4cc(ccn4)NCCNC(=O)C3)oc12. The first kappa shape index (κ1) is 28.7. The lowest BCUT2D eigenvalue weighted by atomic mass is 10.0. The number of fused-ring (bicyclic) bond motifs is 3. The van der Waals surface area contributed by atoms with Crippen LogP contribution in [0, 0.1) is 5.92 Å². The largest absolute Gasteiger partial charge is 0.493 e. The van der Waals surface area contributed by atoms with E-state index in [1.54, 1.807) is 38.1 Å². The maximum absolute atomic E-state index is 13.5. The second-order valence-corrected chi connectivity index (χ2v) is 9.99. The third kappa shape index (κ3) is 6.81. The van der Waals surface area contributed by atoms with E-state index in [1.807, 2.05) is 0 Å². The number of hydrogen-bond acceptors (Lipinski definition) is 8. The van der Waals surface area contributed by atoms with Gasteiger partial charge in [0.2, 0.25) is 11.8 Å². The van der Waals surface area contributed by atoms with Crippen LogP contribution in [0.1, 0.15) is 34.9 Å². The molecule has 0 fully saturated rings. The van der Waals surface area contributed by atoms with Gasteiger partial charge in [-0.05, 0) is 30.2 Å². The molecule has 2 aromatic heterocycles. The third-order valence-electron chi connectivity index (χ3n) is 6.28.